The molecular weight excluding hydrogens is 288 g/mol. The van der Waals surface area contributed by atoms with Crippen molar-refractivity contribution in [2.24, 2.45) is 0 Å². The highest BCUT2D eigenvalue weighted by molar-refractivity contribution is 6.02. The Labute approximate surface area is 125 Å². The number of amides is 2. The molecule has 112 valence electrons. The molecule has 1 aliphatic heterocycles. The lowest BCUT2D eigenvalue weighted by molar-refractivity contribution is -0.389. The highest BCUT2D eigenvalue weighted by atomic mass is 16.6. The second-order valence-corrected chi connectivity index (χ2v) is 4.54. The summed E-state index contributed by atoms with van der Waals surface area (Å²) < 4.78 is 5.38. The van der Waals surface area contributed by atoms with E-state index in [9.17, 15) is 14.9 Å². The molecule has 2 heterocycles. The molecule has 1 N–H and O–H groups in total. The molecule has 8 nitrogen and oxygen atoms in total. The standard InChI is InChI=1S/C14H12N4O4/c19-14(15-10-4-2-1-3-5-10)17-8-9-22-11-6-7-12(18(20)21)16-13(11)17/h1-7H,8-9H2,(H,15,19). The van der Waals surface area contributed by atoms with Crippen molar-refractivity contribution in [2.45, 2.75) is 0 Å². The number of nitrogens with one attached hydrogen (secondary N) is 1. The van der Waals surface area contributed by atoms with Gasteiger partial charge in [-0.1, -0.05) is 18.2 Å². The van der Waals surface area contributed by atoms with Crippen molar-refractivity contribution in [3.8, 4) is 5.75 Å². The van der Waals surface area contributed by atoms with E-state index in [0.717, 1.165) is 0 Å². The number of nitrogens with zero attached hydrogens (tertiary/aromatic N) is 3. The van der Waals surface area contributed by atoms with Crippen LogP contribution in [0.5, 0.6) is 5.75 Å². The van der Waals surface area contributed by atoms with Crippen molar-refractivity contribution in [3.05, 3.63) is 52.6 Å². The van der Waals surface area contributed by atoms with Crippen LogP contribution in [0.3, 0.4) is 0 Å². The summed E-state index contributed by atoms with van der Waals surface area (Å²) in [7, 11) is 0. The van der Waals surface area contributed by atoms with Gasteiger partial charge in [0, 0.05) is 11.8 Å². The van der Waals surface area contributed by atoms with E-state index in [2.05, 4.69) is 10.3 Å². The van der Waals surface area contributed by atoms with E-state index in [-0.39, 0.29) is 18.2 Å². The van der Waals surface area contributed by atoms with Crippen LogP contribution in [0.25, 0.3) is 0 Å². The number of carbonyl (C=O) groups excluding carboxylic acids is 1. The Morgan fingerprint density at radius 3 is 2.77 bits per heavy atom. The van der Waals surface area contributed by atoms with Gasteiger partial charge in [0.15, 0.2) is 5.75 Å². The predicted octanol–water partition coefficient (Wildman–Crippen LogP) is 2.42. The fraction of sp³-hybridized carbons (Fsp3) is 0.143. The summed E-state index contributed by atoms with van der Waals surface area (Å²) in [6, 6.07) is 11.2. The third-order valence-corrected chi connectivity index (χ3v) is 3.11. The first-order valence-electron chi connectivity index (χ1n) is 6.57. The number of para-hydroxylation sites is 1. The first kappa shape index (κ1) is 13.8. The van der Waals surface area contributed by atoms with Gasteiger partial charge in [0.25, 0.3) is 5.82 Å². The van der Waals surface area contributed by atoms with Crippen molar-refractivity contribution < 1.29 is 14.5 Å². The Bertz CT molecular complexity index is 720. The molecule has 0 bridgehead atoms. The van der Waals surface area contributed by atoms with Crippen LogP contribution in [0.15, 0.2) is 42.5 Å². The minimum absolute atomic E-state index is 0.147. The van der Waals surface area contributed by atoms with Crippen LogP contribution in [0.1, 0.15) is 0 Å². The summed E-state index contributed by atoms with van der Waals surface area (Å²) in [5.74, 6) is 0.163. The van der Waals surface area contributed by atoms with E-state index in [4.69, 9.17) is 4.74 Å². The summed E-state index contributed by atoms with van der Waals surface area (Å²) in [6.45, 7) is 0.564. The number of benzene rings is 1. The summed E-state index contributed by atoms with van der Waals surface area (Å²) in [4.78, 5) is 27.8. The molecule has 1 aromatic heterocycles. The largest absolute Gasteiger partial charge is 0.486 e. The third-order valence-electron chi connectivity index (χ3n) is 3.11. The lowest BCUT2D eigenvalue weighted by Gasteiger charge is -2.25. The van der Waals surface area contributed by atoms with E-state index in [1.165, 1.54) is 17.0 Å². The number of hydrogen-bond acceptors (Lipinski definition) is 5. The van der Waals surface area contributed by atoms with E-state index in [1.807, 2.05) is 6.07 Å². The first-order valence-corrected chi connectivity index (χ1v) is 6.57. The maximum absolute atomic E-state index is 12.4. The van der Waals surface area contributed by atoms with Gasteiger partial charge in [-0.25, -0.2) is 4.79 Å². The number of hydrogen-bond donors (Lipinski definition) is 1. The maximum Gasteiger partial charge on any atom is 0.366 e. The zero-order valence-corrected chi connectivity index (χ0v) is 11.4. The Kier molecular flexibility index (Phi) is 3.57. The topological polar surface area (TPSA) is 97.6 Å². The van der Waals surface area contributed by atoms with Gasteiger partial charge in [-0.05, 0) is 28.1 Å². The molecule has 0 radical (unpaired) electrons. The molecule has 0 saturated carbocycles. The number of fused-ring (bicyclic) bond motifs is 1. The van der Waals surface area contributed by atoms with Gasteiger partial charge in [-0.3, -0.25) is 4.90 Å². The van der Waals surface area contributed by atoms with E-state index < -0.39 is 11.0 Å². The highest BCUT2D eigenvalue weighted by Gasteiger charge is 2.30. The van der Waals surface area contributed by atoms with Gasteiger partial charge in [-0.15, -0.1) is 0 Å². The van der Waals surface area contributed by atoms with Gasteiger partial charge in [0.05, 0.1) is 6.54 Å². The van der Waals surface area contributed by atoms with Crippen molar-refractivity contribution in [1.82, 2.24) is 4.98 Å². The molecule has 0 aliphatic carbocycles. The summed E-state index contributed by atoms with van der Waals surface area (Å²) in [5.41, 5.74) is 0.631. The van der Waals surface area contributed by atoms with Crippen LogP contribution in [0, 0.1) is 10.1 Å². The fourth-order valence-electron chi connectivity index (χ4n) is 2.10. The number of pyridine rings is 1. The Morgan fingerprint density at radius 1 is 1.27 bits per heavy atom. The number of anilines is 2. The summed E-state index contributed by atoms with van der Waals surface area (Å²) in [6.07, 6.45) is 0. The molecular formula is C14H12N4O4. The number of carbonyl (C=O) groups is 1. The van der Waals surface area contributed by atoms with E-state index >= 15 is 0 Å². The first-order chi connectivity index (χ1) is 10.6. The van der Waals surface area contributed by atoms with Crippen LogP contribution in [-0.4, -0.2) is 29.1 Å². The van der Waals surface area contributed by atoms with Crippen molar-refractivity contribution in [1.29, 1.82) is 0 Å². The zero-order chi connectivity index (χ0) is 15.5. The molecule has 0 saturated heterocycles. The highest BCUT2D eigenvalue weighted by Crippen LogP contribution is 2.31. The van der Waals surface area contributed by atoms with Gasteiger partial charge in [0.1, 0.15) is 6.61 Å². The molecule has 0 fully saturated rings. The average Bonchev–Trinajstić information content (AvgIpc) is 2.54. The van der Waals surface area contributed by atoms with Gasteiger partial charge >= 0.3 is 11.8 Å². The monoisotopic (exact) mass is 300 g/mol. The predicted molar refractivity (Wildman–Crippen MR) is 79.2 cm³/mol. The molecule has 2 amide bonds. The van der Waals surface area contributed by atoms with E-state index in [0.29, 0.717) is 18.0 Å². The number of aromatic nitrogens is 1. The molecule has 1 aromatic carbocycles. The minimum atomic E-state index is -0.609. The summed E-state index contributed by atoms with van der Waals surface area (Å²) >= 11 is 0. The molecule has 3 rings (SSSR count). The average molecular weight is 300 g/mol. The van der Waals surface area contributed by atoms with Gasteiger partial charge < -0.3 is 20.2 Å². The van der Waals surface area contributed by atoms with Crippen molar-refractivity contribution >= 4 is 23.4 Å². The van der Waals surface area contributed by atoms with Crippen LogP contribution in [0.4, 0.5) is 22.1 Å². The maximum atomic E-state index is 12.4. The second-order valence-electron chi connectivity index (χ2n) is 4.54. The molecule has 0 atom stereocenters. The normalized spacial score (nSPS) is 13.0. The minimum Gasteiger partial charge on any atom is -0.486 e. The van der Waals surface area contributed by atoms with Crippen molar-refractivity contribution in [3.63, 3.8) is 0 Å². The number of ether oxygens (including phenoxy) is 1. The summed E-state index contributed by atoms with van der Waals surface area (Å²) in [5, 5.41) is 13.6. The lowest BCUT2D eigenvalue weighted by Crippen LogP contribution is -2.41. The SMILES string of the molecule is O=C(Nc1ccccc1)N1CCOc2ccc([N+](=O)[O-])nc21. The molecule has 1 aliphatic rings. The number of urea groups is 1. The molecule has 8 heteroatoms. The smallest absolute Gasteiger partial charge is 0.366 e. The molecule has 2 aromatic rings. The number of rotatable bonds is 2. The van der Waals surface area contributed by atoms with Crippen LogP contribution >= 0.6 is 0 Å². The van der Waals surface area contributed by atoms with Gasteiger partial charge in [0.2, 0.25) is 0 Å². The second kappa shape index (κ2) is 5.68. The van der Waals surface area contributed by atoms with Crippen LogP contribution in [0.2, 0.25) is 0 Å². The lowest BCUT2D eigenvalue weighted by atomic mass is 10.3. The van der Waals surface area contributed by atoms with Gasteiger partial charge in [-0.2, -0.15) is 0 Å². The Morgan fingerprint density at radius 2 is 2.05 bits per heavy atom. The molecule has 0 unspecified atom stereocenters. The quantitative estimate of drug-likeness (QED) is 0.678. The molecule has 0 spiro atoms. The van der Waals surface area contributed by atoms with Crippen LogP contribution in [-0.2, 0) is 0 Å². The van der Waals surface area contributed by atoms with Crippen molar-refractivity contribution in [2.75, 3.05) is 23.4 Å². The Balaban J connectivity index is 1.88. The van der Waals surface area contributed by atoms with Crippen LogP contribution < -0.4 is 15.0 Å². The fourth-order valence-corrected chi connectivity index (χ4v) is 2.10. The molecule has 22 heavy (non-hydrogen) atoms. The third kappa shape index (κ3) is 2.66. The Hall–Kier alpha value is -3.16. The zero-order valence-electron chi connectivity index (χ0n) is 11.4. The van der Waals surface area contributed by atoms with E-state index in [1.54, 1.807) is 24.3 Å². The number of nitro groups is 1.